The van der Waals surface area contributed by atoms with Gasteiger partial charge in [0.2, 0.25) is 0 Å². The first-order valence-electron chi connectivity index (χ1n) is 11.6. The molecule has 2 nitrogen and oxygen atoms in total. The fourth-order valence-electron chi connectivity index (χ4n) is 3.84. The van der Waals surface area contributed by atoms with Crippen molar-refractivity contribution in [1.82, 2.24) is 0 Å². The second-order valence-electron chi connectivity index (χ2n) is 8.77. The normalized spacial score (nSPS) is 13.2. The molecule has 2 N–H and O–H groups in total. The first kappa shape index (κ1) is 31.8. The molecular formula is C26H36Cl2Hf2N2Si2. The van der Waals surface area contributed by atoms with Crippen molar-refractivity contribution >= 4 is 23.3 Å². The van der Waals surface area contributed by atoms with E-state index in [1.54, 1.807) is 6.66 Å². The summed E-state index contributed by atoms with van der Waals surface area (Å²) in [6, 6.07) is 21.4. The molecule has 0 aliphatic heterocycles. The van der Waals surface area contributed by atoms with Crippen LogP contribution in [0.2, 0.25) is 26.2 Å². The molecule has 0 spiro atoms. The van der Waals surface area contributed by atoms with E-state index in [2.05, 4.69) is 130 Å². The van der Waals surface area contributed by atoms with Gasteiger partial charge in [0.05, 0.1) is 0 Å². The molecule has 8 heteroatoms. The van der Waals surface area contributed by atoms with Gasteiger partial charge >= 0.3 is 215 Å². The minimum Gasteiger partial charge on any atom is -1.00 e. The average molecular weight is 861 g/mol. The van der Waals surface area contributed by atoms with E-state index in [0.29, 0.717) is 0 Å². The van der Waals surface area contributed by atoms with Crippen molar-refractivity contribution in [3.63, 3.8) is 0 Å². The first-order chi connectivity index (χ1) is 15.5. The van der Waals surface area contributed by atoms with Crippen LogP contribution >= 0.6 is 0 Å². The summed E-state index contributed by atoms with van der Waals surface area (Å²) in [5.74, 6) is -1.03. The minimum absolute atomic E-state index is 0. The number of rotatable bonds is 8. The maximum atomic E-state index is 3.89. The number of halogens is 2. The molecule has 0 amide bonds. The second-order valence-corrected chi connectivity index (χ2v) is 60.1. The van der Waals surface area contributed by atoms with Crippen LogP contribution in [0, 0.1) is 0 Å². The Morgan fingerprint density at radius 2 is 0.941 bits per heavy atom. The van der Waals surface area contributed by atoms with Gasteiger partial charge in [0, 0.05) is 0 Å². The van der Waals surface area contributed by atoms with Crippen molar-refractivity contribution < 1.29 is 66.6 Å². The molecule has 2 aliphatic rings. The fourth-order valence-corrected chi connectivity index (χ4v) is 43.3. The van der Waals surface area contributed by atoms with Crippen molar-refractivity contribution in [2.45, 2.75) is 39.0 Å². The average Bonchev–Trinajstić information content (AvgIpc) is 3.52. The van der Waals surface area contributed by atoms with Crippen LogP contribution in [-0.2, 0) is 41.8 Å². The van der Waals surface area contributed by atoms with Crippen LogP contribution in [0.3, 0.4) is 0 Å². The van der Waals surface area contributed by atoms with E-state index >= 15 is 0 Å². The van der Waals surface area contributed by atoms with Gasteiger partial charge in [0.1, 0.15) is 0 Å². The van der Waals surface area contributed by atoms with E-state index in [-0.39, 0.29) is 24.8 Å². The smallest absolute Gasteiger partial charge is 1.00 e. The van der Waals surface area contributed by atoms with Gasteiger partial charge in [-0.2, -0.15) is 0 Å². The molecule has 0 bridgehead atoms. The van der Waals surface area contributed by atoms with Gasteiger partial charge in [-0.1, -0.05) is 0 Å². The summed E-state index contributed by atoms with van der Waals surface area (Å²) < 4.78 is 11.3. The zero-order valence-electron chi connectivity index (χ0n) is 20.6. The van der Waals surface area contributed by atoms with E-state index in [4.69, 9.17) is 0 Å². The molecule has 0 heterocycles. The molecule has 0 fully saturated rings. The van der Waals surface area contributed by atoms with Crippen LogP contribution in [-0.4, -0.2) is 12.0 Å². The van der Waals surface area contributed by atoms with E-state index < -0.39 is 53.8 Å². The van der Waals surface area contributed by atoms with Gasteiger partial charge in [0.25, 0.3) is 0 Å². The van der Waals surface area contributed by atoms with Crippen LogP contribution < -0.4 is 31.4 Å². The molecule has 0 radical (unpaired) electrons. The van der Waals surface area contributed by atoms with Crippen LogP contribution in [0.1, 0.15) is 12.8 Å². The van der Waals surface area contributed by atoms with Crippen molar-refractivity contribution in [2.75, 3.05) is 6.61 Å². The molecule has 0 aromatic heterocycles. The molecule has 2 aliphatic carbocycles. The third kappa shape index (κ3) is 10.4. The Morgan fingerprint density at radius 3 is 1.21 bits per heavy atom. The molecule has 34 heavy (non-hydrogen) atoms. The molecule has 0 saturated heterocycles. The first-order valence-corrected chi connectivity index (χ1v) is 37.0. The van der Waals surface area contributed by atoms with Crippen molar-refractivity contribution in [1.29, 1.82) is 0 Å². The summed E-state index contributed by atoms with van der Waals surface area (Å²) in [6.45, 7) is 9.99. The van der Waals surface area contributed by atoms with Crippen LogP contribution in [0.5, 0.6) is 0 Å². The molecule has 180 valence electrons. The Labute approximate surface area is 236 Å². The summed E-state index contributed by atoms with van der Waals surface area (Å²) in [5.41, 5.74) is 2.66. The van der Waals surface area contributed by atoms with Crippen molar-refractivity contribution in [2.24, 2.45) is 0 Å². The fraction of sp³-hybridized carbons (Fsp3) is 0.231. The number of benzene rings is 2. The van der Waals surface area contributed by atoms with Crippen molar-refractivity contribution in [3.05, 3.63) is 104 Å². The third-order valence-electron chi connectivity index (χ3n) is 5.49. The van der Waals surface area contributed by atoms with Crippen LogP contribution in [0.25, 0.3) is 0 Å². The molecule has 0 unspecified atom stereocenters. The van der Waals surface area contributed by atoms with E-state index in [9.17, 15) is 0 Å². The van der Waals surface area contributed by atoms with Gasteiger partial charge in [-0.05, 0) is 0 Å². The van der Waals surface area contributed by atoms with Crippen LogP contribution in [0.4, 0.5) is 11.4 Å². The number of hydrogen-bond acceptors (Lipinski definition) is 2. The van der Waals surface area contributed by atoms with Gasteiger partial charge in [0.15, 0.2) is 0 Å². The number of allylic oxidation sites excluding steroid dienone is 8. The predicted octanol–water partition coefficient (Wildman–Crippen LogP) is 0.926. The third-order valence-corrected chi connectivity index (χ3v) is 52.8. The maximum Gasteiger partial charge on any atom is -1.00 e. The maximum absolute atomic E-state index is 3.89. The topological polar surface area (TPSA) is 24.1 Å². The van der Waals surface area contributed by atoms with Gasteiger partial charge < -0.3 is 24.8 Å². The Bertz CT molecular complexity index is 886. The molecule has 2 aromatic carbocycles. The molecule has 2 aromatic rings. The number of para-hydroxylation sites is 2. The summed E-state index contributed by atoms with van der Waals surface area (Å²) in [6.07, 6.45) is 16.2. The zero-order chi connectivity index (χ0) is 22.8. The largest absolute Gasteiger partial charge is 1.00 e. The minimum atomic E-state index is -1.69. The Balaban J connectivity index is 0.000000321. The van der Waals surface area contributed by atoms with E-state index in [0.717, 1.165) is 0 Å². The summed E-state index contributed by atoms with van der Waals surface area (Å²) >= 11 is -3.38. The summed E-state index contributed by atoms with van der Waals surface area (Å²) in [5, 5.41) is 0. The Morgan fingerprint density at radius 1 is 0.588 bits per heavy atom. The predicted molar refractivity (Wildman–Crippen MR) is 142 cm³/mol. The van der Waals surface area contributed by atoms with Crippen molar-refractivity contribution in [3.8, 4) is 0 Å². The van der Waals surface area contributed by atoms with Gasteiger partial charge in [-0.25, -0.2) is 0 Å². The monoisotopic (exact) mass is 862 g/mol. The standard InChI is InChI=1S/2C6H6N.2C5H5.2C2H7Si.2ClH.2Hf/c2*7-6-4-2-1-3-5-6;2*1-2-4-5-3-1;2*1-3-2;;;;/h2*1-5,7H;2*1-3H,4H2;2*3H,1-2H3;2*1H;;/q2*-1;;;;;;;2*+2/p-2. The van der Waals surface area contributed by atoms with Crippen LogP contribution in [0.15, 0.2) is 104 Å². The Kier molecular flexibility index (Phi) is 16.1. The number of anilines is 2. The summed E-state index contributed by atoms with van der Waals surface area (Å²) in [7, 11) is 0. The van der Waals surface area contributed by atoms with E-state index in [1.807, 2.05) is 0 Å². The number of hydrogen-bond donors (Lipinski definition) is 2. The molecule has 4 rings (SSSR count). The Hall–Kier alpha value is -0.246. The quantitative estimate of drug-likeness (QED) is 0.387. The zero-order valence-corrected chi connectivity index (χ0v) is 31.6. The molecule has 0 saturated carbocycles. The molecular weight excluding hydrogens is 824 g/mol. The van der Waals surface area contributed by atoms with Gasteiger partial charge in [-0.15, -0.1) is 0 Å². The molecule has 0 atom stereocenters. The second kappa shape index (κ2) is 17.3. The summed E-state index contributed by atoms with van der Waals surface area (Å²) in [4.78, 5) is 0. The number of nitrogens with one attached hydrogen (secondary N) is 2. The van der Waals surface area contributed by atoms with E-state index in [1.165, 1.54) is 24.2 Å². The SMILES string of the molecule is C[SiH](C)[Hf+]([NH]c1ccccc1)[C]1=CC=CC1.C[SiH](C)[Hf+]([NH]c1ccccc1)[C]1=CC=CC1.[Cl-].[Cl-]. The van der Waals surface area contributed by atoms with Gasteiger partial charge in [-0.3, -0.25) is 0 Å².